The first-order chi connectivity index (χ1) is 9.73. The van der Waals surface area contributed by atoms with Crippen LogP contribution in [0, 0.1) is 0 Å². The molecule has 0 fully saturated rings. The number of alkyl halides is 3. The molecule has 1 atom stereocenters. The molecule has 3 nitrogen and oxygen atoms in total. The summed E-state index contributed by atoms with van der Waals surface area (Å²) in [5.74, 6) is 0.687. The lowest BCUT2D eigenvalue weighted by molar-refractivity contribution is -0.0329. The molecule has 1 aromatic rings. The Kier molecular flexibility index (Phi) is 7.15. The molecule has 0 aromatic heterocycles. The molecular formula is C13H17BrF3NO2S. The van der Waals surface area contributed by atoms with E-state index in [0.717, 1.165) is 5.56 Å². The van der Waals surface area contributed by atoms with Crippen LogP contribution in [0.15, 0.2) is 16.6 Å². The topological polar surface area (TPSA) is 44.5 Å². The second kappa shape index (κ2) is 8.14. The maximum absolute atomic E-state index is 12.0. The third-order valence-electron chi connectivity index (χ3n) is 2.44. The average Bonchev–Trinajstić information content (AvgIpc) is 2.33. The number of rotatable bonds is 7. The summed E-state index contributed by atoms with van der Waals surface area (Å²) < 4.78 is 47.4. The van der Waals surface area contributed by atoms with Gasteiger partial charge < -0.3 is 15.2 Å². The van der Waals surface area contributed by atoms with Crippen molar-refractivity contribution in [1.82, 2.24) is 0 Å². The second-order valence-corrected chi connectivity index (χ2v) is 6.45. The smallest absolute Gasteiger partial charge is 0.441 e. The molecule has 1 aromatic carbocycles. The zero-order valence-electron chi connectivity index (χ0n) is 11.7. The molecule has 0 aliphatic heterocycles. The number of benzene rings is 1. The van der Waals surface area contributed by atoms with Crippen LogP contribution in [0.3, 0.4) is 0 Å². The van der Waals surface area contributed by atoms with E-state index in [0.29, 0.717) is 22.4 Å². The Morgan fingerprint density at radius 3 is 2.57 bits per heavy atom. The zero-order chi connectivity index (χ0) is 16.0. The van der Waals surface area contributed by atoms with Crippen molar-refractivity contribution in [1.29, 1.82) is 0 Å². The van der Waals surface area contributed by atoms with Crippen LogP contribution < -0.4 is 15.2 Å². The molecule has 0 radical (unpaired) electrons. The van der Waals surface area contributed by atoms with Gasteiger partial charge in [0.15, 0.2) is 11.5 Å². The molecule has 0 saturated heterocycles. The summed E-state index contributed by atoms with van der Waals surface area (Å²) in [7, 11) is 1.48. The highest BCUT2D eigenvalue weighted by atomic mass is 79.9. The normalized spacial score (nSPS) is 13.1. The molecule has 0 amide bonds. The number of hydrogen-bond donors (Lipinski definition) is 1. The van der Waals surface area contributed by atoms with Crippen molar-refractivity contribution in [2.45, 2.75) is 24.9 Å². The maximum atomic E-state index is 12.0. The van der Waals surface area contributed by atoms with Gasteiger partial charge in [0.2, 0.25) is 0 Å². The summed E-state index contributed by atoms with van der Waals surface area (Å²) in [6.45, 7) is 1.82. The first-order valence-corrected chi connectivity index (χ1v) is 7.96. The maximum Gasteiger partial charge on any atom is 0.441 e. The lowest BCUT2D eigenvalue weighted by Crippen LogP contribution is -2.17. The van der Waals surface area contributed by atoms with Gasteiger partial charge in [-0.2, -0.15) is 13.2 Å². The van der Waals surface area contributed by atoms with Gasteiger partial charge in [0.1, 0.15) is 0 Å². The molecule has 21 heavy (non-hydrogen) atoms. The quantitative estimate of drug-likeness (QED) is 0.718. The average molecular weight is 388 g/mol. The van der Waals surface area contributed by atoms with Gasteiger partial charge in [0.05, 0.1) is 18.2 Å². The van der Waals surface area contributed by atoms with Crippen LogP contribution in [-0.2, 0) is 6.42 Å². The van der Waals surface area contributed by atoms with Gasteiger partial charge in [-0.25, -0.2) is 0 Å². The van der Waals surface area contributed by atoms with E-state index in [9.17, 15) is 13.2 Å². The first kappa shape index (κ1) is 18.4. The lowest BCUT2D eigenvalue weighted by Gasteiger charge is -2.15. The van der Waals surface area contributed by atoms with Gasteiger partial charge in [-0.05, 0) is 58.7 Å². The fourth-order valence-electron chi connectivity index (χ4n) is 1.70. The highest BCUT2D eigenvalue weighted by molar-refractivity contribution is 9.10. The molecule has 8 heteroatoms. The van der Waals surface area contributed by atoms with Gasteiger partial charge in [-0.15, -0.1) is 0 Å². The van der Waals surface area contributed by atoms with Gasteiger partial charge >= 0.3 is 5.51 Å². The van der Waals surface area contributed by atoms with Crippen molar-refractivity contribution in [3.05, 3.63) is 22.2 Å². The first-order valence-electron chi connectivity index (χ1n) is 6.18. The van der Waals surface area contributed by atoms with E-state index in [1.807, 2.05) is 13.0 Å². The number of nitrogens with two attached hydrogens (primary N) is 1. The Labute approximate surface area is 134 Å². The zero-order valence-corrected chi connectivity index (χ0v) is 14.1. The van der Waals surface area contributed by atoms with Crippen molar-refractivity contribution in [2.75, 3.05) is 19.5 Å². The predicted molar refractivity (Wildman–Crippen MR) is 82.1 cm³/mol. The van der Waals surface area contributed by atoms with Crippen molar-refractivity contribution in [3.63, 3.8) is 0 Å². The summed E-state index contributed by atoms with van der Waals surface area (Å²) in [5, 5.41) is 0. The van der Waals surface area contributed by atoms with E-state index in [-0.39, 0.29) is 30.2 Å². The summed E-state index contributed by atoms with van der Waals surface area (Å²) in [5.41, 5.74) is 2.47. The van der Waals surface area contributed by atoms with Gasteiger partial charge in [0, 0.05) is 11.8 Å². The van der Waals surface area contributed by atoms with Crippen LogP contribution >= 0.6 is 27.7 Å². The Morgan fingerprint density at radius 2 is 2.05 bits per heavy atom. The number of thioether (sulfide) groups is 1. The van der Waals surface area contributed by atoms with Crippen molar-refractivity contribution in [3.8, 4) is 11.5 Å². The number of halogens is 4. The number of methoxy groups -OCH3 is 1. The molecule has 0 aliphatic carbocycles. The Hall–Kier alpha value is -0.600. The van der Waals surface area contributed by atoms with E-state index in [1.54, 1.807) is 6.07 Å². The van der Waals surface area contributed by atoms with Crippen LogP contribution in [0.25, 0.3) is 0 Å². The molecule has 0 aliphatic rings. The molecule has 0 bridgehead atoms. The third-order valence-corrected chi connectivity index (χ3v) is 3.73. The molecule has 2 N–H and O–H groups in total. The van der Waals surface area contributed by atoms with Crippen molar-refractivity contribution < 1.29 is 22.6 Å². The summed E-state index contributed by atoms with van der Waals surface area (Å²) in [6, 6.07) is 3.61. The Bertz CT molecular complexity index is 469. The minimum atomic E-state index is -4.24. The van der Waals surface area contributed by atoms with E-state index >= 15 is 0 Å². The SMILES string of the molecule is COc1cc(CC(C)N)cc(Br)c1OCCSC(F)(F)F. The highest BCUT2D eigenvalue weighted by Gasteiger charge is 2.27. The lowest BCUT2D eigenvalue weighted by atomic mass is 10.1. The number of ether oxygens (including phenoxy) is 2. The molecule has 0 saturated carbocycles. The van der Waals surface area contributed by atoms with Crippen molar-refractivity contribution >= 4 is 27.7 Å². The minimum absolute atomic E-state index is 0.00319. The van der Waals surface area contributed by atoms with E-state index < -0.39 is 5.51 Å². The van der Waals surface area contributed by atoms with Crippen LogP contribution in [-0.4, -0.2) is 31.0 Å². The van der Waals surface area contributed by atoms with E-state index in [1.165, 1.54) is 7.11 Å². The van der Waals surface area contributed by atoms with Crippen molar-refractivity contribution in [2.24, 2.45) is 5.73 Å². The molecule has 1 unspecified atom stereocenters. The number of hydrogen-bond acceptors (Lipinski definition) is 4. The summed E-state index contributed by atoms with van der Waals surface area (Å²) in [6.07, 6.45) is 0.666. The second-order valence-electron chi connectivity index (χ2n) is 4.43. The summed E-state index contributed by atoms with van der Waals surface area (Å²) in [4.78, 5) is 0. The fourth-order valence-corrected chi connectivity index (χ4v) is 2.71. The fraction of sp³-hybridized carbons (Fsp3) is 0.538. The van der Waals surface area contributed by atoms with Crippen LogP contribution in [0.1, 0.15) is 12.5 Å². The molecule has 120 valence electrons. The van der Waals surface area contributed by atoms with Gasteiger partial charge in [-0.3, -0.25) is 0 Å². The van der Waals surface area contributed by atoms with Crippen LogP contribution in [0.2, 0.25) is 0 Å². The standard InChI is InChI=1S/C13H17BrF3NO2S/c1-8(18)5-9-6-10(14)12(11(7-9)19-2)20-3-4-21-13(15,16)17/h6-8H,3-5,18H2,1-2H3. The van der Waals surface area contributed by atoms with Crippen LogP contribution in [0.4, 0.5) is 13.2 Å². The summed E-state index contributed by atoms with van der Waals surface area (Å²) >= 11 is 3.23. The van der Waals surface area contributed by atoms with Gasteiger partial charge in [-0.1, -0.05) is 0 Å². The van der Waals surface area contributed by atoms with E-state index in [4.69, 9.17) is 15.2 Å². The Morgan fingerprint density at radius 1 is 1.38 bits per heavy atom. The monoisotopic (exact) mass is 387 g/mol. The predicted octanol–water partition coefficient (Wildman–Crippen LogP) is 3.98. The molecular weight excluding hydrogens is 371 g/mol. The Balaban J connectivity index is 2.73. The van der Waals surface area contributed by atoms with Gasteiger partial charge in [0.25, 0.3) is 0 Å². The van der Waals surface area contributed by atoms with Crippen LogP contribution in [0.5, 0.6) is 11.5 Å². The highest BCUT2D eigenvalue weighted by Crippen LogP contribution is 2.37. The molecule has 0 spiro atoms. The van der Waals surface area contributed by atoms with E-state index in [2.05, 4.69) is 15.9 Å². The minimum Gasteiger partial charge on any atom is -0.493 e. The molecule has 1 rings (SSSR count). The third kappa shape index (κ3) is 6.80. The molecule has 0 heterocycles. The largest absolute Gasteiger partial charge is 0.493 e.